The number of amides is 2. The van der Waals surface area contributed by atoms with Crippen LogP contribution >= 0.6 is 11.8 Å². The normalized spacial score (nSPS) is 10.7. The van der Waals surface area contributed by atoms with E-state index in [-0.39, 0.29) is 11.7 Å². The molecule has 3 aromatic rings. The first-order valence-electron chi connectivity index (χ1n) is 7.81. The molecule has 2 amide bonds. The zero-order chi connectivity index (χ0) is 18.4. The van der Waals surface area contributed by atoms with E-state index in [1.54, 1.807) is 25.3 Å². The number of methoxy groups -OCH3 is 1. The van der Waals surface area contributed by atoms with Gasteiger partial charge >= 0.3 is 0 Å². The maximum Gasteiger partial charge on any atom is 0.269 e. The van der Waals surface area contributed by atoms with E-state index in [9.17, 15) is 9.59 Å². The van der Waals surface area contributed by atoms with Crippen LogP contribution in [0.15, 0.2) is 58.2 Å². The zero-order valence-electron chi connectivity index (χ0n) is 14.0. The molecule has 2 aromatic carbocycles. The van der Waals surface area contributed by atoms with E-state index in [2.05, 4.69) is 15.8 Å². The monoisotopic (exact) mass is 371 g/mol. The van der Waals surface area contributed by atoms with Crippen molar-refractivity contribution in [1.82, 2.24) is 15.8 Å². The summed E-state index contributed by atoms with van der Waals surface area (Å²) in [6.07, 6.45) is 0. The third kappa shape index (κ3) is 4.62. The highest BCUT2D eigenvalue weighted by atomic mass is 32.2. The maximum atomic E-state index is 12.1. The van der Waals surface area contributed by atoms with Crippen molar-refractivity contribution < 1.29 is 18.7 Å². The van der Waals surface area contributed by atoms with E-state index in [4.69, 9.17) is 9.15 Å². The van der Waals surface area contributed by atoms with Gasteiger partial charge in [-0.05, 0) is 29.8 Å². The van der Waals surface area contributed by atoms with Gasteiger partial charge in [0.15, 0.2) is 5.58 Å². The van der Waals surface area contributed by atoms with Crippen molar-refractivity contribution in [2.45, 2.75) is 11.8 Å². The average Bonchev–Trinajstić information content (AvgIpc) is 3.08. The fourth-order valence-corrected chi connectivity index (χ4v) is 2.88. The second-order valence-corrected chi connectivity index (χ2v) is 6.30. The number of nitrogens with one attached hydrogen (secondary N) is 2. The number of benzene rings is 2. The molecule has 1 heterocycles. The summed E-state index contributed by atoms with van der Waals surface area (Å²) in [6.45, 7) is 0.411. The van der Waals surface area contributed by atoms with Crippen molar-refractivity contribution in [2.24, 2.45) is 0 Å². The molecule has 0 aliphatic carbocycles. The van der Waals surface area contributed by atoms with Gasteiger partial charge in [-0.15, -0.1) is 0 Å². The number of oxazole rings is 1. The molecule has 0 bridgehead atoms. The standard InChI is InChI=1S/C18H17N3O4S/c1-24-10-12-5-4-6-13(9-12)17(23)21-20-16(22)11-26-18-19-14-7-2-3-8-15(14)25-18/h2-9H,10-11H2,1H3,(H,20,22)(H,21,23). The summed E-state index contributed by atoms with van der Waals surface area (Å²) in [4.78, 5) is 28.3. The number of carbonyl (C=O) groups excluding carboxylic acids is 2. The highest BCUT2D eigenvalue weighted by molar-refractivity contribution is 7.99. The Morgan fingerprint density at radius 1 is 1.15 bits per heavy atom. The smallest absolute Gasteiger partial charge is 0.269 e. The van der Waals surface area contributed by atoms with E-state index in [1.165, 1.54) is 0 Å². The lowest BCUT2D eigenvalue weighted by molar-refractivity contribution is -0.119. The topological polar surface area (TPSA) is 93.5 Å². The predicted molar refractivity (Wildman–Crippen MR) is 97.5 cm³/mol. The van der Waals surface area contributed by atoms with E-state index in [0.717, 1.165) is 22.8 Å². The molecule has 0 aliphatic rings. The Hall–Kier alpha value is -2.84. The lowest BCUT2D eigenvalue weighted by Crippen LogP contribution is -2.42. The summed E-state index contributed by atoms with van der Waals surface area (Å²) < 4.78 is 10.6. The Morgan fingerprint density at radius 2 is 2.00 bits per heavy atom. The summed E-state index contributed by atoms with van der Waals surface area (Å²) in [5.41, 5.74) is 7.48. The minimum Gasteiger partial charge on any atom is -0.431 e. The highest BCUT2D eigenvalue weighted by Gasteiger charge is 2.11. The van der Waals surface area contributed by atoms with Crippen molar-refractivity contribution in [3.05, 3.63) is 59.7 Å². The Bertz CT molecular complexity index is 892. The van der Waals surface area contributed by atoms with E-state index in [1.807, 2.05) is 30.3 Å². The van der Waals surface area contributed by atoms with Crippen LogP contribution in [0.2, 0.25) is 0 Å². The van der Waals surface area contributed by atoms with Crippen LogP contribution in [0.5, 0.6) is 0 Å². The molecule has 0 atom stereocenters. The summed E-state index contributed by atoms with van der Waals surface area (Å²) in [5.74, 6) is -0.696. The molecule has 2 N–H and O–H groups in total. The Labute approximate surface area is 154 Å². The number of fused-ring (bicyclic) bond motifs is 1. The number of para-hydroxylation sites is 2. The van der Waals surface area contributed by atoms with Crippen molar-refractivity contribution in [2.75, 3.05) is 12.9 Å². The molecule has 26 heavy (non-hydrogen) atoms. The molecule has 0 unspecified atom stereocenters. The first kappa shape index (κ1) is 18.0. The third-order valence-corrected chi connectivity index (χ3v) is 4.24. The molecule has 7 nitrogen and oxygen atoms in total. The van der Waals surface area contributed by atoms with Crippen LogP contribution in [0.4, 0.5) is 0 Å². The molecular formula is C18H17N3O4S. The van der Waals surface area contributed by atoms with Crippen LogP contribution in [0.1, 0.15) is 15.9 Å². The van der Waals surface area contributed by atoms with Gasteiger partial charge in [0.1, 0.15) is 5.52 Å². The van der Waals surface area contributed by atoms with Gasteiger partial charge in [0.05, 0.1) is 12.4 Å². The van der Waals surface area contributed by atoms with Gasteiger partial charge in [-0.2, -0.15) is 0 Å². The summed E-state index contributed by atoms with van der Waals surface area (Å²) in [5, 5.41) is 0.403. The van der Waals surface area contributed by atoms with Crippen molar-refractivity contribution in [3.63, 3.8) is 0 Å². The zero-order valence-corrected chi connectivity index (χ0v) is 14.8. The minimum atomic E-state index is -0.400. The Kier molecular flexibility index (Phi) is 5.88. The second-order valence-electron chi connectivity index (χ2n) is 5.37. The van der Waals surface area contributed by atoms with Gasteiger partial charge < -0.3 is 9.15 Å². The number of aromatic nitrogens is 1. The van der Waals surface area contributed by atoms with Crippen LogP contribution in [0.3, 0.4) is 0 Å². The van der Waals surface area contributed by atoms with Crippen molar-refractivity contribution in [1.29, 1.82) is 0 Å². The summed E-state index contributed by atoms with van der Waals surface area (Å²) in [7, 11) is 1.58. The second kappa shape index (κ2) is 8.50. The van der Waals surface area contributed by atoms with Gasteiger partial charge in [0, 0.05) is 12.7 Å². The number of ether oxygens (including phenoxy) is 1. The van der Waals surface area contributed by atoms with E-state index in [0.29, 0.717) is 23.0 Å². The number of carbonyl (C=O) groups is 2. The number of hydrogen-bond acceptors (Lipinski definition) is 6. The van der Waals surface area contributed by atoms with Crippen LogP contribution in [-0.2, 0) is 16.1 Å². The molecule has 0 aliphatic heterocycles. The van der Waals surface area contributed by atoms with Gasteiger partial charge in [-0.1, -0.05) is 36.0 Å². The van der Waals surface area contributed by atoms with Crippen LogP contribution in [0.25, 0.3) is 11.1 Å². The molecule has 0 saturated heterocycles. The number of hydrazine groups is 1. The van der Waals surface area contributed by atoms with E-state index >= 15 is 0 Å². The summed E-state index contributed by atoms with van der Waals surface area (Å²) in [6, 6.07) is 14.3. The first-order valence-corrected chi connectivity index (χ1v) is 8.79. The molecule has 8 heteroatoms. The molecule has 0 spiro atoms. The van der Waals surface area contributed by atoms with Crippen LogP contribution in [0, 0.1) is 0 Å². The molecule has 0 fully saturated rings. The molecule has 0 saturated carbocycles. The Morgan fingerprint density at radius 3 is 2.81 bits per heavy atom. The lowest BCUT2D eigenvalue weighted by Gasteiger charge is -2.08. The largest absolute Gasteiger partial charge is 0.431 e. The third-order valence-electron chi connectivity index (χ3n) is 3.42. The fraction of sp³-hybridized carbons (Fsp3) is 0.167. The number of hydrogen-bond donors (Lipinski definition) is 2. The summed E-state index contributed by atoms with van der Waals surface area (Å²) >= 11 is 1.15. The average molecular weight is 371 g/mol. The highest BCUT2D eigenvalue weighted by Crippen LogP contribution is 2.22. The lowest BCUT2D eigenvalue weighted by atomic mass is 10.1. The van der Waals surface area contributed by atoms with Crippen LogP contribution in [-0.4, -0.2) is 29.7 Å². The van der Waals surface area contributed by atoms with Gasteiger partial charge in [0.2, 0.25) is 5.91 Å². The first-order chi connectivity index (χ1) is 12.7. The van der Waals surface area contributed by atoms with Crippen LogP contribution < -0.4 is 10.9 Å². The van der Waals surface area contributed by atoms with Gasteiger partial charge in [-0.25, -0.2) is 4.98 Å². The molecule has 1 aromatic heterocycles. The Balaban J connectivity index is 1.49. The maximum absolute atomic E-state index is 12.1. The van der Waals surface area contributed by atoms with Gasteiger partial charge in [0.25, 0.3) is 11.1 Å². The number of rotatable bonds is 6. The molecule has 0 radical (unpaired) electrons. The molecular weight excluding hydrogens is 354 g/mol. The fourth-order valence-electron chi connectivity index (χ4n) is 2.24. The number of thioether (sulfide) groups is 1. The van der Waals surface area contributed by atoms with Crippen molar-refractivity contribution >= 4 is 34.7 Å². The SMILES string of the molecule is COCc1cccc(C(=O)NNC(=O)CSc2nc3ccccc3o2)c1. The molecule has 3 rings (SSSR count). The predicted octanol–water partition coefficient (Wildman–Crippen LogP) is 2.53. The van der Waals surface area contributed by atoms with E-state index < -0.39 is 5.91 Å². The van der Waals surface area contributed by atoms with Gasteiger partial charge in [-0.3, -0.25) is 20.4 Å². The quantitative estimate of drug-likeness (QED) is 0.511. The number of nitrogens with zero attached hydrogens (tertiary/aromatic N) is 1. The van der Waals surface area contributed by atoms with Crippen molar-refractivity contribution in [3.8, 4) is 0 Å². The molecule has 134 valence electrons. The minimum absolute atomic E-state index is 0.0663.